The lowest BCUT2D eigenvalue weighted by Crippen LogP contribution is -2.17. The van der Waals surface area contributed by atoms with Gasteiger partial charge in [-0.1, -0.05) is 17.7 Å². The second kappa shape index (κ2) is 4.08. The summed E-state index contributed by atoms with van der Waals surface area (Å²) in [6.07, 6.45) is 7.43. The first-order valence-electron chi connectivity index (χ1n) is 5.78. The number of phenols is 1. The standard InChI is InChI=1S/C13H13ClN2O/c14-12-10(5-2-6-11(12)17)13-15-7-8-16(13)9-3-1-4-9/h2,5-9,17H,1,3-4H2. The fourth-order valence-electron chi connectivity index (χ4n) is 2.17. The summed E-state index contributed by atoms with van der Waals surface area (Å²) in [6, 6.07) is 5.80. The van der Waals surface area contributed by atoms with E-state index in [4.69, 9.17) is 11.6 Å². The lowest BCUT2D eigenvalue weighted by atomic mass is 9.92. The first kappa shape index (κ1) is 10.7. The van der Waals surface area contributed by atoms with Gasteiger partial charge in [0, 0.05) is 24.0 Å². The molecule has 17 heavy (non-hydrogen) atoms. The van der Waals surface area contributed by atoms with Gasteiger partial charge in [0.1, 0.15) is 11.6 Å². The zero-order valence-electron chi connectivity index (χ0n) is 9.31. The number of aromatic hydroxyl groups is 1. The number of rotatable bonds is 2. The largest absolute Gasteiger partial charge is 0.506 e. The van der Waals surface area contributed by atoms with Crippen LogP contribution < -0.4 is 0 Å². The molecule has 1 saturated carbocycles. The van der Waals surface area contributed by atoms with Crippen molar-refractivity contribution in [2.24, 2.45) is 0 Å². The summed E-state index contributed by atoms with van der Waals surface area (Å²) in [7, 11) is 0. The molecule has 0 atom stereocenters. The molecular weight excluding hydrogens is 236 g/mol. The van der Waals surface area contributed by atoms with Crippen LogP contribution >= 0.6 is 11.6 Å². The van der Waals surface area contributed by atoms with Crippen molar-refractivity contribution in [1.29, 1.82) is 0 Å². The van der Waals surface area contributed by atoms with Crippen molar-refractivity contribution in [1.82, 2.24) is 9.55 Å². The van der Waals surface area contributed by atoms with E-state index in [-0.39, 0.29) is 5.75 Å². The number of hydrogen-bond acceptors (Lipinski definition) is 2. The van der Waals surface area contributed by atoms with Gasteiger partial charge in [-0.25, -0.2) is 4.98 Å². The maximum absolute atomic E-state index is 9.63. The van der Waals surface area contributed by atoms with E-state index in [0.29, 0.717) is 11.1 Å². The van der Waals surface area contributed by atoms with Crippen LogP contribution in [0.25, 0.3) is 11.4 Å². The summed E-state index contributed by atoms with van der Waals surface area (Å²) in [6.45, 7) is 0. The van der Waals surface area contributed by atoms with Crippen molar-refractivity contribution < 1.29 is 5.11 Å². The minimum Gasteiger partial charge on any atom is -0.506 e. The van der Waals surface area contributed by atoms with E-state index in [0.717, 1.165) is 11.4 Å². The van der Waals surface area contributed by atoms with Gasteiger partial charge in [0.25, 0.3) is 0 Å². The van der Waals surface area contributed by atoms with Crippen LogP contribution in [0.4, 0.5) is 0 Å². The van der Waals surface area contributed by atoms with E-state index in [2.05, 4.69) is 9.55 Å². The highest BCUT2D eigenvalue weighted by atomic mass is 35.5. The van der Waals surface area contributed by atoms with Crippen LogP contribution in [-0.2, 0) is 0 Å². The number of nitrogens with zero attached hydrogens (tertiary/aromatic N) is 2. The van der Waals surface area contributed by atoms with Crippen molar-refractivity contribution in [2.45, 2.75) is 25.3 Å². The number of phenolic OH excluding ortho intramolecular Hbond substituents is 1. The molecule has 1 aromatic heterocycles. The first-order chi connectivity index (χ1) is 8.27. The monoisotopic (exact) mass is 248 g/mol. The van der Waals surface area contributed by atoms with Gasteiger partial charge < -0.3 is 9.67 Å². The van der Waals surface area contributed by atoms with E-state index < -0.39 is 0 Å². The third-order valence-corrected chi connectivity index (χ3v) is 3.75. The van der Waals surface area contributed by atoms with Gasteiger partial charge in [0.2, 0.25) is 0 Å². The molecule has 0 unspecified atom stereocenters. The molecule has 0 saturated heterocycles. The molecule has 0 amide bonds. The van der Waals surface area contributed by atoms with Crippen LogP contribution in [0.15, 0.2) is 30.6 Å². The van der Waals surface area contributed by atoms with Crippen LogP contribution in [0.3, 0.4) is 0 Å². The van der Waals surface area contributed by atoms with Gasteiger partial charge in [-0.2, -0.15) is 0 Å². The van der Waals surface area contributed by atoms with Crippen molar-refractivity contribution in [2.75, 3.05) is 0 Å². The number of aromatic nitrogens is 2. The highest BCUT2D eigenvalue weighted by Crippen LogP contribution is 2.38. The highest BCUT2D eigenvalue weighted by Gasteiger charge is 2.23. The molecule has 0 bridgehead atoms. The van der Waals surface area contributed by atoms with Crippen LogP contribution in [0.2, 0.25) is 5.02 Å². The van der Waals surface area contributed by atoms with Crippen LogP contribution in [0, 0.1) is 0 Å². The highest BCUT2D eigenvalue weighted by molar-refractivity contribution is 6.34. The fourth-order valence-corrected chi connectivity index (χ4v) is 2.38. The van der Waals surface area contributed by atoms with Crippen molar-refractivity contribution in [3.05, 3.63) is 35.6 Å². The van der Waals surface area contributed by atoms with E-state index in [1.807, 2.05) is 12.3 Å². The van der Waals surface area contributed by atoms with E-state index in [1.165, 1.54) is 19.3 Å². The van der Waals surface area contributed by atoms with Crippen molar-refractivity contribution in [3.63, 3.8) is 0 Å². The molecule has 1 aromatic carbocycles. The normalized spacial score (nSPS) is 15.8. The second-order valence-corrected chi connectivity index (χ2v) is 4.76. The molecule has 3 rings (SSSR count). The van der Waals surface area contributed by atoms with Crippen LogP contribution in [-0.4, -0.2) is 14.7 Å². The van der Waals surface area contributed by atoms with Crippen LogP contribution in [0.1, 0.15) is 25.3 Å². The zero-order valence-corrected chi connectivity index (χ0v) is 10.1. The van der Waals surface area contributed by atoms with Crippen molar-refractivity contribution in [3.8, 4) is 17.1 Å². The first-order valence-corrected chi connectivity index (χ1v) is 6.16. The minimum absolute atomic E-state index is 0.104. The Morgan fingerprint density at radius 2 is 2.18 bits per heavy atom. The number of imidazole rings is 1. The molecule has 2 aromatic rings. The average Bonchev–Trinajstić information content (AvgIpc) is 2.68. The Kier molecular flexibility index (Phi) is 2.56. The Morgan fingerprint density at radius 1 is 1.35 bits per heavy atom. The number of halogens is 1. The Hall–Kier alpha value is -1.48. The Labute approximate surface area is 105 Å². The molecular formula is C13H13ClN2O. The van der Waals surface area contributed by atoms with Gasteiger partial charge in [0.05, 0.1) is 5.02 Å². The minimum atomic E-state index is 0.104. The molecule has 1 heterocycles. The van der Waals surface area contributed by atoms with E-state index in [1.54, 1.807) is 18.3 Å². The maximum atomic E-state index is 9.63. The SMILES string of the molecule is Oc1cccc(-c2nccn2C2CCC2)c1Cl. The predicted octanol–water partition coefficient (Wildman–Crippen LogP) is 3.63. The van der Waals surface area contributed by atoms with Gasteiger partial charge in [0.15, 0.2) is 0 Å². The molecule has 88 valence electrons. The third kappa shape index (κ3) is 1.71. The van der Waals surface area contributed by atoms with E-state index >= 15 is 0 Å². The summed E-state index contributed by atoms with van der Waals surface area (Å²) in [4.78, 5) is 4.36. The summed E-state index contributed by atoms with van der Waals surface area (Å²) in [5, 5.41) is 10.0. The summed E-state index contributed by atoms with van der Waals surface area (Å²) < 4.78 is 2.16. The lowest BCUT2D eigenvalue weighted by molar-refractivity contribution is 0.316. The molecule has 1 aliphatic carbocycles. The van der Waals surface area contributed by atoms with Gasteiger partial charge in [-0.05, 0) is 31.4 Å². The quantitative estimate of drug-likeness (QED) is 0.881. The average molecular weight is 249 g/mol. The lowest BCUT2D eigenvalue weighted by Gasteiger charge is -2.28. The number of benzene rings is 1. The van der Waals surface area contributed by atoms with Crippen molar-refractivity contribution >= 4 is 11.6 Å². The Bertz CT molecular complexity index is 546. The van der Waals surface area contributed by atoms with Crippen LogP contribution in [0.5, 0.6) is 5.75 Å². The molecule has 1 fully saturated rings. The molecule has 0 spiro atoms. The molecule has 1 N–H and O–H groups in total. The maximum Gasteiger partial charge on any atom is 0.141 e. The summed E-state index contributed by atoms with van der Waals surface area (Å²) in [5.74, 6) is 0.947. The third-order valence-electron chi connectivity index (χ3n) is 3.36. The molecule has 4 heteroatoms. The topological polar surface area (TPSA) is 38.1 Å². The molecule has 3 nitrogen and oxygen atoms in total. The Morgan fingerprint density at radius 3 is 2.88 bits per heavy atom. The van der Waals surface area contributed by atoms with E-state index in [9.17, 15) is 5.11 Å². The summed E-state index contributed by atoms with van der Waals surface area (Å²) >= 11 is 6.12. The Balaban J connectivity index is 2.09. The van der Waals surface area contributed by atoms with Gasteiger partial charge in [-0.15, -0.1) is 0 Å². The smallest absolute Gasteiger partial charge is 0.141 e. The second-order valence-electron chi connectivity index (χ2n) is 4.38. The molecule has 0 aliphatic heterocycles. The van der Waals surface area contributed by atoms with Gasteiger partial charge in [-0.3, -0.25) is 0 Å². The molecule has 0 radical (unpaired) electrons. The zero-order chi connectivity index (χ0) is 11.8. The van der Waals surface area contributed by atoms with Gasteiger partial charge >= 0.3 is 0 Å². The number of hydrogen-bond donors (Lipinski definition) is 1. The summed E-state index contributed by atoms with van der Waals surface area (Å²) in [5.41, 5.74) is 0.795. The molecule has 1 aliphatic rings. The predicted molar refractivity (Wildman–Crippen MR) is 67.2 cm³/mol. The fraction of sp³-hybridized carbons (Fsp3) is 0.308.